The molecule has 2 aromatic rings. The third-order valence-electron chi connectivity index (χ3n) is 3.20. The summed E-state index contributed by atoms with van der Waals surface area (Å²) >= 11 is 7.12. The largest absolute Gasteiger partial charge is 0.270 e. The van der Waals surface area contributed by atoms with Gasteiger partial charge in [-0.25, -0.2) is 0 Å². The van der Waals surface area contributed by atoms with Crippen molar-refractivity contribution < 1.29 is 9.59 Å². The molecule has 22 heavy (non-hydrogen) atoms. The third kappa shape index (κ3) is 3.24. The summed E-state index contributed by atoms with van der Waals surface area (Å²) in [7, 11) is 0. The van der Waals surface area contributed by atoms with Gasteiger partial charge < -0.3 is 0 Å². The lowest BCUT2D eigenvalue weighted by Gasteiger charge is -2.14. The molecule has 0 radical (unpaired) electrons. The maximum atomic E-state index is 12.4. The first-order valence-electron chi connectivity index (χ1n) is 6.68. The van der Waals surface area contributed by atoms with Crippen LogP contribution in [0.2, 0.25) is 5.02 Å². The Hall–Kier alpha value is -2.04. The second kappa shape index (κ2) is 6.38. The number of carbonyl (C=O) groups is 2. The number of benzene rings is 2. The van der Waals surface area contributed by atoms with Crippen LogP contribution >= 0.6 is 23.4 Å². The van der Waals surface area contributed by atoms with Crippen molar-refractivity contribution in [3.8, 4) is 0 Å². The van der Waals surface area contributed by atoms with Crippen LogP contribution in [0.25, 0.3) is 0 Å². The van der Waals surface area contributed by atoms with Crippen molar-refractivity contribution in [2.24, 2.45) is 0 Å². The summed E-state index contributed by atoms with van der Waals surface area (Å²) in [6, 6.07) is 16.6. The minimum absolute atomic E-state index is 0.256. The van der Waals surface area contributed by atoms with E-state index in [-0.39, 0.29) is 11.8 Å². The van der Waals surface area contributed by atoms with Crippen molar-refractivity contribution in [3.63, 3.8) is 0 Å². The van der Waals surface area contributed by atoms with Gasteiger partial charge in [0.05, 0.1) is 11.4 Å². The van der Waals surface area contributed by atoms with Crippen LogP contribution in [-0.2, 0) is 16.1 Å². The van der Waals surface area contributed by atoms with Gasteiger partial charge in [-0.1, -0.05) is 53.7 Å². The molecule has 2 amide bonds. The molecule has 3 nitrogen and oxygen atoms in total. The molecule has 1 aliphatic heterocycles. The first kappa shape index (κ1) is 14.9. The van der Waals surface area contributed by atoms with E-state index in [1.54, 1.807) is 12.1 Å². The van der Waals surface area contributed by atoms with Crippen LogP contribution in [-0.4, -0.2) is 16.7 Å². The van der Waals surface area contributed by atoms with E-state index in [1.807, 2.05) is 42.5 Å². The number of hydrogen-bond acceptors (Lipinski definition) is 3. The number of imide groups is 1. The average molecular weight is 330 g/mol. The standard InChI is InChI=1S/C17H12ClNO2S/c18-13-6-8-14(9-7-13)22-15-10-16(20)19(17(15)21)11-12-4-2-1-3-5-12/h1-10H,11H2. The Morgan fingerprint density at radius 1 is 0.955 bits per heavy atom. The van der Waals surface area contributed by atoms with Gasteiger partial charge in [-0.05, 0) is 29.8 Å². The van der Waals surface area contributed by atoms with Crippen molar-refractivity contribution in [2.45, 2.75) is 11.4 Å². The van der Waals surface area contributed by atoms with Crippen molar-refractivity contribution in [2.75, 3.05) is 0 Å². The second-order valence-corrected chi connectivity index (χ2v) is 6.33. The average Bonchev–Trinajstić information content (AvgIpc) is 2.78. The predicted molar refractivity (Wildman–Crippen MR) is 87.4 cm³/mol. The first-order chi connectivity index (χ1) is 10.6. The van der Waals surface area contributed by atoms with Gasteiger partial charge in [0, 0.05) is 16.0 Å². The third-order valence-corrected chi connectivity index (χ3v) is 4.47. The van der Waals surface area contributed by atoms with Crippen LogP contribution < -0.4 is 0 Å². The zero-order valence-electron chi connectivity index (χ0n) is 11.5. The van der Waals surface area contributed by atoms with Crippen LogP contribution in [0.1, 0.15) is 5.56 Å². The first-order valence-corrected chi connectivity index (χ1v) is 7.88. The Bertz CT molecular complexity index is 741. The molecule has 0 aromatic heterocycles. The molecule has 110 valence electrons. The molecule has 0 saturated carbocycles. The van der Waals surface area contributed by atoms with Gasteiger partial charge in [0.15, 0.2) is 0 Å². The normalized spacial score (nSPS) is 14.4. The molecule has 0 bridgehead atoms. The zero-order valence-corrected chi connectivity index (χ0v) is 13.1. The van der Waals surface area contributed by atoms with E-state index < -0.39 is 0 Å². The molecular weight excluding hydrogens is 318 g/mol. The smallest absolute Gasteiger partial charge is 0.268 e. The van der Waals surface area contributed by atoms with Crippen LogP contribution in [0.15, 0.2) is 70.5 Å². The highest BCUT2D eigenvalue weighted by Crippen LogP contribution is 2.32. The Balaban J connectivity index is 1.73. The van der Waals surface area contributed by atoms with E-state index >= 15 is 0 Å². The molecule has 0 N–H and O–H groups in total. The molecule has 3 rings (SSSR count). The number of halogens is 1. The molecule has 0 fully saturated rings. The Kier molecular flexibility index (Phi) is 4.32. The van der Waals surface area contributed by atoms with E-state index in [9.17, 15) is 9.59 Å². The van der Waals surface area contributed by atoms with E-state index in [0.717, 1.165) is 10.5 Å². The summed E-state index contributed by atoms with van der Waals surface area (Å²) < 4.78 is 0. The van der Waals surface area contributed by atoms with Crippen molar-refractivity contribution in [1.29, 1.82) is 0 Å². The fraction of sp³-hybridized carbons (Fsp3) is 0.0588. The number of carbonyl (C=O) groups excluding carboxylic acids is 2. The molecule has 2 aromatic carbocycles. The van der Waals surface area contributed by atoms with Gasteiger partial charge in [-0.3, -0.25) is 14.5 Å². The van der Waals surface area contributed by atoms with Gasteiger partial charge in [-0.15, -0.1) is 0 Å². The van der Waals surface area contributed by atoms with Crippen LogP contribution in [0.3, 0.4) is 0 Å². The van der Waals surface area contributed by atoms with E-state index in [2.05, 4.69) is 0 Å². The van der Waals surface area contributed by atoms with Crippen LogP contribution in [0.5, 0.6) is 0 Å². The van der Waals surface area contributed by atoms with Crippen LogP contribution in [0.4, 0.5) is 0 Å². The Morgan fingerprint density at radius 3 is 2.32 bits per heavy atom. The molecule has 0 atom stereocenters. The number of rotatable bonds is 4. The number of thioether (sulfide) groups is 1. The maximum Gasteiger partial charge on any atom is 0.268 e. The van der Waals surface area contributed by atoms with Crippen molar-refractivity contribution in [1.82, 2.24) is 4.90 Å². The fourth-order valence-corrected chi connectivity index (χ4v) is 3.11. The molecule has 0 saturated heterocycles. The lowest BCUT2D eigenvalue weighted by Crippen LogP contribution is -2.30. The lowest BCUT2D eigenvalue weighted by atomic mass is 10.2. The monoisotopic (exact) mass is 329 g/mol. The summed E-state index contributed by atoms with van der Waals surface area (Å²) in [5.74, 6) is -0.529. The fourth-order valence-electron chi connectivity index (χ4n) is 2.10. The van der Waals surface area contributed by atoms with Gasteiger partial charge in [0.1, 0.15) is 0 Å². The molecule has 5 heteroatoms. The molecule has 0 aliphatic carbocycles. The van der Waals surface area contributed by atoms with E-state index in [0.29, 0.717) is 16.5 Å². The quantitative estimate of drug-likeness (QED) is 0.799. The summed E-state index contributed by atoms with van der Waals surface area (Å²) in [5, 5.41) is 0.637. The van der Waals surface area contributed by atoms with Gasteiger partial charge >= 0.3 is 0 Å². The van der Waals surface area contributed by atoms with Gasteiger partial charge in [0.25, 0.3) is 11.8 Å². The van der Waals surface area contributed by atoms with Crippen molar-refractivity contribution in [3.05, 3.63) is 76.2 Å². The Morgan fingerprint density at radius 2 is 1.64 bits per heavy atom. The number of nitrogens with zero attached hydrogens (tertiary/aromatic N) is 1. The summed E-state index contributed by atoms with van der Waals surface area (Å²) in [5.41, 5.74) is 0.926. The lowest BCUT2D eigenvalue weighted by molar-refractivity contribution is -0.137. The number of amides is 2. The molecule has 0 spiro atoms. The van der Waals surface area contributed by atoms with E-state index in [4.69, 9.17) is 11.6 Å². The molecular formula is C17H12ClNO2S. The summed E-state index contributed by atoms with van der Waals surface area (Å²) in [6.07, 6.45) is 1.39. The van der Waals surface area contributed by atoms with Gasteiger partial charge in [-0.2, -0.15) is 0 Å². The van der Waals surface area contributed by atoms with Crippen molar-refractivity contribution >= 4 is 35.2 Å². The minimum atomic E-state index is -0.273. The second-order valence-electron chi connectivity index (χ2n) is 4.78. The highest BCUT2D eigenvalue weighted by molar-refractivity contribution is 8.04. The number of hydrogen-bond donors (Lipinski definition) is 0. The molecule has 1 heterocycles. The SMILES string of the molecule is O=C1C=C(Sc2ccc(Cl)cc2)C(=O)N1Cc1ccccc1. The zero-order chi connectivity index (χ0) is 15.5. The predicted octanol–water partition coefficient (Wildman–Crippen LogP) is 3.89. The highest BCUT2D eigenvalue weighted by atomic mass is 35.5. The minimum Gasteiger partial charge on any atom is -0.270 e. The van der Waals surface area contributed by atoms with E-state index in [1.165, 1.54) is 22.7 Å². The highest BCUT2D eigenvalue weighted by Gasteiger charge is 2.31. The van der Waals surface area contributed by atoms with Crippen LogP contribution in [0, 0.1) is 0 Å². The summed E-state index contributed by atoms with van der Waals surface area (Å²) in [4.78, 5) is 27.0. The Labute approximate surface area is 137 Å². The maximum absolute atomic E-state index is 12.4. The van der Waals surface area contributed by atoms with Gasteiger partial charge in [0.2, 0.25) is 0 Å². The topological polar surface area (TPSA) is 37.4 Å². The molecule has 1 aliphatic rings. The molecule has 0 unspecified atom stereocenters. The summed E-state index contributed by atoms with van der Waals surface area (Å²) in [6.45, 7) is 0.291.